The third-order valence-electron chi connectivity index (χ3n) is 5.00. The van der Waals surface area contributed by atoms with Crippen molar-refractivity contribution in [1.29, 1.82) is 0 Å². The van der Waals surface area contributed by atoms with Crippen molar-refractivity contribution in [2.45, 2.75) is 30.7 Å². The van der Waals surface area contributed by atoms with E-state index in [0.29, 0.717) is 5.56 Å². The van der Waals surface area contributed by atoms with Crippen molar-refractivity contribution >= 4 is 16.9 Å². The van der Waals surface area contributed by atoms with Gasteiger partial charge in [-0.15, -0.1) is 0 Å². The molecule has 1 saturated heterocycles. The van der Waals surface area contributed by atoms with Gasteiger partial charge < -0.3 is 44.5 Å². The van der Waals surface area contributed by atoms with Crippen LogP contribution in [0.3, 0.4) is 0 Å². The predicted octanol–water partition coefficient (Wildman–Crippen LogP) is 0.142. The van der Waals surface area contributed by atoms with Crippen molar-refractivity contribution in [1.82, 2.24) is 0 Å². The number of phenols is 2. The van der Waals surface area contributed by atoms with Crippen molar-refractivity contribution in [3.8, 4) is 28.6 Å². The summed E-state index contributed by atoms with van der Waals surface area (Å²) in [5, 5.41) is 58.1. The van der Waals surface area contributed by atoms with Gasteiger partial charge in [0.2, 0.25) is 6.29 Å². The normalized spacial score (nSPS) is 25.5. The Morgan fingerprint density at radius 3 is 2.28 bits per heavy atom. The summed E-state index contributed by atoms with van der Waals surface area (Å²) < 4.78 is 16.1. The minimum atomic E-state index is -1.83. The largest absolute Gasteiger partial charge is 0.508 e. The van der Waals surface area contributed by atoms with Crippen molar-refractivity contribution in [3.05, 3.63) is 52.7 Å². The van der Waals surface area contributed by atoms with E-state index in [1.165, 1.54) is 30.3 Å². The van der Waals surface area contributed by atoms with Gasteiger partial charge in [-0.25, -0.2) is 4.79 Å². The highest BCUT2D eigenvalue weighted by Gasteiger charge is 2.48. The number of phenolic OH excluding ortho intramolecular Hbond substituents is 2. The van der Waals surface area contributed by atoms with E-state index in [1.807, 2.05) is 0 Å². The molecular formula is C21H18O11. The maximum Gasteiger partial charge on any atom is 0.335 e. The molecule has 11 heteroatoms. The lowest BCUT2D eigenvalue weighted by atomic mass is 9.99. The van der Waals surface area contributed by atoms with Gasteiger partial charge in [-0.3, -0.25) is 4.79 Å². The van der Waals surface area contributed by atoms with E-state index in [4.69, 9.17) is 19.0 Å². The summed E-state index contributed by atoms with van der Waals surface area (Å²) in [4.78, 5) is 23.5. The minimum Gasteiger partial charge on any atom is -0.508 e. The molecule has 4 rings (SSSR count). The van der Waals surface area contributed by atoms with Gasteiger partial charge in [-0.1, -0.05) is 0 Å². The highest BCUT2D eigenvalue weighted by molar-refractivity contribution is 5.86. The van der Waals surface area contributed by atoms with Gasteiger partial charge in [0.05, 0.1) is 0 Å². The number of hydrogen-bond donors (Lipinski definition) is 6. The molecule has 2 heterocycles. The number of carboxylic acids is 1. The molecule has 0 amide bonds. The molecule has 1 aliphatic heterocycles. The van der Waals surface area contributed by atoms with Crippen LogP contribution in [0.25, 0.3) is 22.3 Å². The summed E-state index contributed by atoms with van der Waals surface area (Å²) in [5.74, 6) is -1.96. The van der Waals surface area contributed by atoms with Crippen LogP contribution in [0.15, 0.2) is 51.7 Å². The Labute approximate surface area is 178 Å². The molecule has 0 spiro atoms. The average molecular weight is 446 g/mol. The molecule has 11 nitrogen and oxygen atoms in total. The van der Waals surface area contributed by atoms with Crippen molar-refractivity contribution in [2.24, 2.45) is 0 Å². The van der Waals surface area contributed by atoms with Gasteiger partial charge in [-0.2, -0.15) is 0 Å². The average Bonchev–Trinajstić information content (AvgIpc) is 2.73. The zero-order valence-corrected chi connectivity index (χ0v) is 16.2. The first-order chi connectivity index (χ1) is 15.2. The number of aromatic hydroxyl groups is 2. The first kappa shape index (κ1) is 21.6. The molecule has 1 unspecified atom stereocenters. The smallest absolute Gasteiger partial charge is 0.335 e. The number of fused-ring (bicyclic) bond motifs is 1. The fourth-order valence-electron chi connectivity index (χ4n) is 3.38. The number of ether oxygens (including phenoxy) is 2. The van der Waals surface area contributed by atoms with Crippen LogP contribution < -0.4 is 10.2 Å². The standard InChI is InChI=1S/C21H18O11/c22-9-5-11(23)15-12(24)7-13(31-14(15)6-9)8-1-3-10(4-2-8)30-21-18(27)16(25)17(26)19(32-21)20(28)29/h1-7,16-19,21-23,25-27H,(H,28,29)/t16-,17-,18+,19-,21?/m0/s1. The first-order valence-electron chi connectivity index (χ1n) is 9.35. The van der Waals surface area contributed by atoms with Crippen LogP contribution in [0, 0.1) is 0 Å². The number of aliphatic hydroxyl groups is 3. The molecule has 0 saturated carbocycles. The second-order valence-corrected chi connectivity index (χ2v) is 7.19. The number of carbonyl (C=O) groups is 1. The Morgan fingerprint density at radius 1 is 0.938 bits per heavy atom. The summed E-state index contributed by atoms with van der Waals surface area (Å²) in [6.45, 7) is 0. The first-order valence-corrected chi connectivity index (χ1v) is 9.35. The topological polar surface area (TPSA) is 187 Å². The summed E-state index contributed by atoms with van der Waals surface area (Å²) in [6.07, 6.45) is -8.70. The lowest BCUT2D eigenvalue weighted by Crippen LogP contribution is -2.61. The molecule has 5 atom stereocenters. The summed E-state index contributed by atoms with van der Waals surface area (Å²) in [5.41, 5.74) is -0.107. The number of benzene rings is 2. The van der Waals surface area contributed by atoms with Crippen LogP contribution in [0.1, 0.15) is 0 Å². The van der Waals surface area contributed by atoms with Gasteiger partial charge in [0.25, 0.3) is 0 Å². The fraction of sp³-hybridized carbons (Fsp3) is 0.238. The molecule has 1 fully saturated rings. The van der Waals surface area contributed by atoms with Crippen LogP contribution in [0.5, 0.6) is 17.2 Å². The van der Waals surface area contributed by atoms with Gasteiger partial charge in [-0.05, 0) is 24.3 Å². The van der Waals surface area contributed by atoms with E-state index in [9.17, 15) is 35.1 Å². The SMILES string of the molecule is O=C(O)[C@H]1OC(Oc2ccc(-c3cc(=O)c4c(O)cc(O)cc4o3)cc2)[C@H](O)[C@@H](O)[C@@H]1O. The number of carboxylic acid groups (broad SMARTS) is 1. The van der Waals surface area contributed by atoms with E-state index < -0.39 is 47.9 Å². The van der Waals surface area contributed by atoms with Crippen LogP contribution in [0.2, 0.25) is 0 Å². The molecule has 0 bridgehead atoms. The molecule has 1 aromatic heterocycles. The van der Waals surface area contributed by atoms with Crippen LogP contribution >= 0.6 is 0 Å². The molecule has 0 radical (unpaired) electrons. The Hall–Kier alpha value is -3.64. The third kappa shape index (κ3) is 3.85. The zero-order valence-electron chi connectivity index (χ0n) is 16.2. The maximum atomic E-state index is 12.4. The van der Waals surface area contributed by atoms with Gasteiger partial charge in [0.1, 0.15) is 52.3 Å². The summed E-state index contributed by atoms with van der Waals surface area (Å²) >= 11 is 0. The molecule has 0 aliphatic carbocycles. The van der Waals surface area contributed by atoms with E-state index in [1.54, 1.807) is 0 Å². The maximum absolute atomic E-state index is 12.4. The zero-order chi connectivity index (χ0) is 23.2. The van der Waals surface area contributed by atoms with Crippen LogP contribution in [-0.2, 0) is 9.53 Å². The molecule has 168 valence electrons. The van der Waals surface area contributed by atoms with E-state index >= 15 is 0 Å². The van der Waals surface area contributed by atoms with Crippen LogP contribution in [0.4, 0.5) is 0 Å². The number of aliphatic carboxylic acids is 1. The molecule has 1 aliphatic rings. The van der Waals surface area contributed by atoms with Crippen molar-refractivity contribution in [2.75, 3.05) is 0 Å². The lowest BCUT2D eigenvalue weighted by Gasteiger charge is -2.38. The van der Waals surface area contributed by atoms with Crippen molar-refractivity contribution < 1.29 is 49.3 Å². The number of rotatable bonds is 4. The molecule has 2 aromatic carbocycles. The molecule has 6 N–H and O–H groups in total. The van der Waals surface area contributed by atoms with Gasteiger partial charge in [0, 0.05) is 23.8 Å². The second-order valence-electron chi connectivity index (χ2n) is 7.19. The Morgan fingerprint density at radius 2 is 1.62 bits per heavy atom. The predicted molar refractivity (Wildman–Crippen MR) is 106 cm³/mol. The second kappa shape index (κ2) is 8.13. The van der Waals surface area contributed by atoms with Crippen LogP contribution in [-0.4, -0.2) is 67.3 Å². The van der Waals surface area contributed by atoms with Gasteiger partial charge in [0.15, 0.2) is 11.5 Å². The molecule has 32 heavy (non-hydrogen) atoms. The molecule has 3 aromatic rings. The minimum absolute atomic E-state index is 0.0173. The van der Waals surface area contributed by atoms with E-state index in [0.717, 1.165) is 12.1 Å². The Kier molecular flexibility index (Phi) is 5.48. The van der Waals surface area contributed by atoms with Crippen molar-refractivity contribution in [3.63, 3.8) is 0 Å². The highest BCUT2D eigenvalue weighted by atomic mass is 16.7. The fourth-order valence-corrected chi connectivity index (χ4v) is 3.38. The Bertz CT molecular complexity index is 1220. The number of hydrogen-bond acceptors (Lipinski definition) is 10. The monoisotopic (exact) mass is 446 g/mol. The Balaban J connectivity index is 1.59. The third-order valence-corrected chi connectivity index (χ3v) is 5.00. The number of aliphatic hydroxyl groups excluding tert-OH is 3. The van der Waals surface area contributed by atoms with E-state index in [2.05, 4.69) is 0 Å². The summed E-state index contributed by atoms with van der Waals surface area (Å²) in [6, 6.07) is 9.22. The van der Waals surface area contributed by atoms with E-state index in [-0.39, 0.29) is 28.2 Å². The van der Waals surface area contributed by atoms with Gasteiger partial charge >= 0.3 is 5.97 Å². The quantitative estimate of drug-likeness (QED) is 0.320. The lowest BCUT2D eigenvalue weighted by molar-refractivity contribution is -0.271. The highest BCUT2D eigenvalue weighted by Crippen LogP contribution is 2.31. The molecular weight excluding hydrogens is 428 g/mol. The summed E-state index contributed by atoms with van der Waals surface area (Å²) in [7, 11) is 0.